The Morgan fingerprint density at radius 1 is 1.17 bits per heavy atom. The zero-order valence-corrected chi connectivity index (χ0v) is 17.2. The first-order chi connectivity index (χ1) is 14.0. The Labute approximate surface area is 172 Å². The SMILES string of the molecule is CCOC(=O)c1sc(NC(=O)c2ccc(O[C@@H](C)c3ccccc3)nc2)nc1C. The molecule has 0 saturated heterocycles. The summed E-state index contributed by atoms with van der Waals surface area (Å²) in [6.45, 7) is 5.64. The second-order valence-electron chi connectivity index (χ2n) is 6.16. The highest BCUT2D eigenvalue weighted by Crippen LogP contribution is 2.24. The lowest BCUT2D eigenvalue weighted by molar-refractivity contribution is 0.0531. The van der Waals surface area contributed by atoms with Gasteiger partial charge in [-0.2, -0.15) is 0 Å². The van der Waals surface area contributed by atoms with E-state index in [1.807, 2.05) is 37.3 Å². The second kappa shape index (κ2) is 9.29. The summed E-state index contributed by atoms with van der Waals surface area (Å²) in [6.07, 6.45) is 1.28. The van der Waals surface area contributed by atoms with Crippen LogP contribution in [0.4, 0.5) is 5.13 Å². The molecule has 8 heteroatoms. The van der Waals surface area contributed by atoms with E-state index in [1.54, 1.807) is 26.0 Å². The molecule has 1 aromatic carbocycles. The number of anilines is 1. The van der Waals surface area contributed by atoms with E-state index in [-0.39, 0.29) is 18.6 Å². The smallest absolute Gasteiger partial charge is 0.350 e. The number of carbonyl (C=O) groups is 2. The van der Waals surface area contributed by atoms with Gasteiger partial charge in [-0.1, -0.05) is 41.7 Å². The minimum atomic E-state index is -0.446. The lowest BCUT2D eigenvalue weighted by Gasteiger charge is -2.14. The van der Waals surface area contributed by atoms with Gasteiger partial charge in [-0.05, 0) is 32.4 Å². The van der Waals surface area contributed by atoms with Crippen molar-refractivity contribution in [2.75, 3.05) is 11.9 Å². The van der Waals surface area contributed by atoms with E-state index in [4.69, 9.17) is 9.47 Å². The molecule has 0 spiro atoms. The lowest BCUT2D eigenvalue weighted by atomic mass is 10.1. The predicted octanol–water partition coefficient (Wildman–Crippen LogP) is 4.42. The van der Waals surface area contributed by atoms with Crippen LogP contribution in [0.5, 0.6) is 5.88 Å². The van der Waals surface area contributed by atoms with E-state index in [0.29, 0.717) is 27.1 Å². The number of amides is 1. The van der Waals surface area contributed by atoms with Crippen molar-refractivity contribution in [1.29, 1.82) is 0 Å². The summed E-state index contributed by atoms with van der Waals surface area (Å²) in [5.74, 6) is -0.393. The number of nitrogens with one attached hydrogen (secondary N) is 1. The minimum absolute atomic E-state index is 0.164. The Morgan fingerprint density at radius 3 is 2.59 bits per heavy atom. The molecule has 0 aliphatic heterocycles. The standard InChI is InChI=1S/C21H21N3O4S/c1-4-27-20(26)18-13(2)23-21(29-18)24-19(25)16-10-11-17(22-12-16)28-14(3)15-8-6-5-7-9-15/h5-12,14H,4H2,1-3H3,(H,23,24,25)/t14-/m0/s1. The van der Waals surface area contributed by atoms with Crippen molar-refractivity contribution in [3.63, 3.8) is 0 Å². The first-order valence-electron chi connectivity index (χ1n) is 9.11. The van der Waals surface area contributed by atoms with Crippen LogP contribution in [0.3, 0.4) is 0 Å². The molecule has 0 saturated carbocycles. The molecule has 1 amide bonds. The van der Waals surface area contributed by atoms with Crippen LogP contribution >= 0.6 is 11.3 Å². The molecule has 29 heavy (non-hydrogen) atoms. The van der Waals surface area contributed by atoms with Crippen molar-refractivity contribution < 1.29 is 19.1 Å². The van der Waals surface area contributed by atoms with Crippen LogP contribution in [0.2, 0.25) is 0 Å². The molecule has 0 radical (unpaired) electrons. The molecule has 0 aliphatic rings. The number of aryl methyl sites for hydroxylation is 1. The number of nitrogens with zero attached hydrogens (tertiary/aromatic N) is 2. The molecule has 2 aromatic heterocycles. The van der Waals surface area contributed by atoms with Gasteiger partial charge >= 0.3 is 5.97 Å². The van der Waals surface area contributed by atoms with E-state index < -0.39 is 5.97 Å². The number of rotatable bonds is 7. The number of ether oxygens (including phenoxy) is 2. The minimum Gasteiger partial charge on any atom is -0.470 e. The maximum Gasteiger partial charge on any atom is 0.350 e. The van der Waals surface area contributed by atoms with Crippen LogP contribution in [-0.2, 0) is 4.74 Å². The van der Waals surface area contributed by atoms with Crippen molar-refractivity contribution in [3.8, 4) is 5.88 Å². The van der Waals surface area contributed by atoms with Gasteiger partial charge in [-0.3, -0.25) is 10.1 Å². The molecule has 2 heterocycles. The Kier molecular flexibility index (Phi) is 6.56. The topological polar surface area (TPSA) is 90.4 Å². The summed E-state index contributed by atoms with van der Waals surface area (Å²) >= 11 is 1.08. The average Bonchev–Trinajstić information content (AvgIpc) is 3.09. The largest absolute Gasteiger partial charge is 0.470 e. The number of hydrogen-bond acceptors (Lipinski definition) is 7. The van der Waals surface area contributed by atoms with Crippen LogP contribution in [0.1, 0.15) is 51.2 Å². The van der Waals surface area contributed by atoms with Gasteiger partial charge in [0, 0.05) is 12.3 Å². The highest BCUT2D eigenvalue weighted by atomic mass is 32.1. The van der Waals surface area contributed by atoms with Gasteiger partial charge in [0.05, 0.1) is 17.9 Å². The van der Waals surface area contributed by atoms with Crippen molar-refractivity contribution >= 4 is 28.3 Å². The molecule has 0 unspecified atom stereocenters. The third-order valence-electron chi connectivity index (χ3n) is 4.04. The summed E-state index contributed by atoms with van der Waals surface area (Å²) in [6, 6.07) is 13.1. The monoisotopic (exact) mass is 411 g/mol. The summed E-state index contributed by atoms with van der Waals surface area (Å²) in [4.78, 5) is 33.1. The fourth-order valence-corrected chi connectivity index (χ4v) is 3.42. The molecule has 150 valence electrons. The first kappa shape index (κ1) is 20.5. The van der Waals surface area contributed by atoms with Crippen molar-refractivity contribution in [2.24, 2.45) is 0 Å². The Bertz CT molecular complexity index is 987. The van der Waals surface area contributed by atoms with Crippen LogP contribution in [0, 0.1) is 6.92 Å². The van der Waals surface area contributed by atoms with Gasteiger partial charge in [-0.15, -0.1) is 0 Å². The van der Waals surface area contributed by atoms with Gasteiger partial charge in [0.2, 0.25) is 5.88 Å². The summed E-state index contributed by atoms with van der Waals surface area (Å²) in [5, 5.41) is 3.01. The maximum absolute atomic E-state index is 12.4. The Morgan fingerprint density at radius 2 is 1.93 bits per heavy atom. The van der Waals surface area contributed by atoms with E-state index in [2.05, 4.69) is 15.3 Å². The Balaban J connectivity index is 1.63. The van der Waals surface area contributed by atoms with E-state index in [0.717, 1.165) is 16.9 Å². The van der Waals surface area contributed by atoms with Gasteiger partial charge in [0.1, 0.15) is 11.0 Å². The molecule has 3 aromatic rings. The number of esters is 1. The van der Waals surface area contributed by atoms with Crippen LogP contribution < -0.4 is 10.1 Å². The van der Waals surface area contributed by atoms with Crippen LogP contribution in [0.25, 0.3) is 0 Å². The molecule has 7 nitrogen and oxygen atoms in total. The number of hydrogen-bond donors (Lipinski definition) is 1. The van der Waals surface area contributed by atoms with Gasteiger partial charge < -0.3 is 9.47 Å². The normalized spacial score (nSPS) is 11.6. The fourth-order valence-electron chi connectivity index (χ4n) is 2.56. The van der Waals surface area contributed by atoms with Gasteiger partial charge in [0.15, 0.2) is 5.13 Å². The second-order valence-corrected chi connectivity index (χ2v) is 7.16. The quantitative estimate of drug-likeness (QED) is 0.579. The summed E-state index contributed by atoms with van der Waals surface area (Å²) in [7, 11) is 0. The molecular formula is C21H21N3O4S. The number of pyridine rings is 1. The zero-order valence-electron chi connectivity index (χ0n) is 16.3. The third-order valence-corrected chi connectivity index (χ3v) is 5.10. The molecule has 0 fully saturated rings. The zero-order chi connectivity index (χ0) is 20.8. The maximum atomic E-state index is 12.4. The molecule has 3 rings (SSSR count). The van der Waals surface area contributed by atoms with Crippen molar-refractivity contribution in [2.45, 2.75) is 26.9 Å². The van der Waals surface area contributed by atoms with Crippen LogP contribution in [0.15, 0.2) is 48.7 Å². The summed E-state index contributed by atoms with van der Waals surface area (Å²) in [5.41, 5.74) is 1.91. The first-order valence-corrected chi connectivity index (χ1v) is 9.93. The van der Waals surface area contributed by atoms with Crippen molar-refractivity contribution in [3.05, 3.63) is 70.4 Å². The van der Waals surface area contributed by atoms with E-state index >= 15 is 0 Å². The van der Waals surface area contributed by atoms with E-state index in [1.165, 1.54) is 6.20 Å². The van der Waals surface area contributed by atoms with E-state index in [9.17, 15) is 9.59 Å². The molecule has 1 atom stereocenters. The summed E-state index contributed by atoms with van der Waals surface area (Å²) < 4.78 is 10.8. The molecule has 0 aliphatic carbocycles. The highest BCUT2D eigenvalue weighted by molar-refractivity contribution is 7.17. The number of aromatic nitrogens is 2. The Hall–Kier alpha value is -3.26. The fraction of sp³-hybridized carbons (Fsp3) is 0.238. The highest BCUT2D eigenvalue weighted by Gasteiger charge is 2.18. The molecular weight excluding hydrogens is 390 g/mol. The lowest BCUT2D eigenvalue weighted by Crippen LogP contribution is -2.12. The van der Waals surface area contributed by atoms with Gasteiger partial charge in [0.25, 0.3) is 5.91 Å². The molecule has 0 bridgehead atoms. The number of thiazole rings is 1. The number of carbonyl (C=O) groups excluding carboxylic acids is 2. The predicted molar refractivity (Wildman–Crippen MR) is 110 cm³/mol. The van der Waals surface area contributed by atoms with Gasteiger partial charge in [-0.25, -0.2) is 14.8 Å². The average molecular weight is 411 g/mol. The van der Waals surface area contributed by atoms with Crippen LogP contribution in [-0.4, -0.2) is 28.5 Å². The van der Waals surface area contributed by atoms with Crippen molar-refractivity contribution in [1.82, 2.24) is 9.97 Å². The third kappa shape index (κ3) is 5.17. The molecule has 1 N–H and O–H groups in total. The number of benzene rings is 1.